The molecule has 0 saturated carbocycles. The highest BCUT2D eigenvalue weighted by Gasteiger charge is 2.27. The van der Waals surface area contributed by atoms with Gasteiger partial charge in [-0.05, 0) is 42.7 Å². The molecular formula is C18H20ClN3O3S. The first-order valence-electron chi connectivity index (χ1n) is 8.37. The minimum atomic E-state index is -2.93. The third kappa shape index (κ3) is 5.19. The van der Waals surface area contributed by atoms with Crippen LogP contribution in [-0.2, 0) is 16.3 Å². The van der Waals surface area contributed by atoms with Crippen LogP contribution in [-0.4, -0.2) is 43.4 Å². The number of carbonyl (C=O) groups excluding carboxylic acids is 1. The molecule has 8 heteroatoms. The van der Waals surface area contributed by atoms with Gasteiger partial charge in [-0.1, -0.05) is 23.7 Å². The van der Waals surface area contributed by atoms with Crippen LogP contribution in [0, 0.1) is 0 Å². The summed E-state index contributed by atoms with van der Waals surface area (Å²) >= 11 is 5.94. The molecule has 1 saturated heterocycles. The van der Waals surface area contributed by atoms with E-state index in [0.29, 0.717) is 35.8 Å². The fourth-order valence-electron chi connectivity index (χ4n) is 2.86. The van der Waals surface area contributed by atoms with Gasteiger partial charge in [0.1, 0.15) is 5.69 Å². The Kier molecular flexibility index (Phi) is 5.78. The van der Waals surface area contributed by atoms with Crippen molar-refractivity contribution in [3.8, 4) is 0 Å². The van der Waals surface area contributed by atoms with E-state index in [1.54, 1.807) is 18.3 Å². The molecule has 1 aromatic carbocycles. The molecule has 138 valence electrons. The molecule has 1 aromatic heterocycles. The van der Waals surface area contributed by atoms with Gasteiger partial charge in [0.05, 0.1) is 23.4 Å². The first-order chi connectivity index (χ1) is 12.4. The molecule has 0 radical (unpaired) electrons. The van der Waals surface area contributed by atoms with E-state index in [9.17, 15) is 13.2 Å². The Labute approximate surface area is 157 Å². The maximum absolute atomic E-state index is 12.1. The number of halogens is 1. The van der Waals surface area contributed by atoms with E-state index in [2.05, 4.69) is 15.6 Å². The SMILES string of the molecule is O=C(NCCc1cccc(Cl)c1)c1ccc(NC2CCS(=O)(=O)C2)cn1. The lowest BCUT2D eigenvalue weighted by molar-refractivity contribution is 0.0949. The number of hydrogen-bond acceptors (Lipinski definition) is 5. The van der Waals surface area contributed by atoms with E-state index in [1.807, 2.05) is 24.3 Å². The van der Waals surface area contributed by atoms with E-state index < -0.39 is 9.84 Å². The minimum Gasteiger partial charge on any atom is -0.380 e. The van der Waals surface area contributed by atoms with Crippen molar-refractivity contribution in [3.63, 3.8) is 0 Å². The van der Waals surface area contributed by atoms with E-state index in [0.717, 1.165) is 5.56 Å². The smallest absolute Gasteiger partial charge is 0.269 e. The predicted octanol–water partition coefficient (Wildman–Crippen LogP) is 2.31. The van der Waals surface area contributed by atoms with E-state index >= 15 is 0 Å². The third-order valence-corrected chi connectivity index (χ3v) is 6.19. The first-order valence-corrected chi connectivity index (χ1v) is 10.6. The maximum atomic E-state index is 12.1. The molecule has 1 atom stereocenters. The molecule has 1 fully saturated rings. The zero-order valence-corrected chi connectivity index (χ0v) is 15.7. The summed E-state index contributed by atoms with van der Waals surface area (Å²) in [6.45, 7) is 0.487. The van der Waals surface area contributed by atoms with Crippen LogP contribution in [0.3, 0.4) is 0 Å². The van der Waals surface area contributed by atoms with Crippen molar-refractivity contribution < 1.29 is 13.2 Å². The number of benzene rings is 1. The van der Waals surface area contributed by atoms with Gasteiger partial charge in [0, 0.05) is 17.6 Å². The molecule has 6 nitrogen and oxygen atoms in total. The van der Waals surface area contributed by atoms with Crippen molar-refractivity contribution in [1.29, 1.82) is 0 Å². The predicted molar refractivity (Wildman–Crippen MR) is 102 cm³/mol. The number of rotatable bonds is 6. The van der Waals surface area contributed by atoms with Crippen LogP contribution in [0.2, 0.25) is 5.02 Å². The largest absolute Gasteiger partial charge is 0.380 e. The number of anilines is 1. The maximum Gasteiger partial charge on any atom is 0.269 e. The molecule has 1 aliphatic rings. The highest BCUT2D eigenvalue weighted by Crippen LogP contribution is 2.17. The monoisotopic (exact) mass is 393 g/mol. The third-order valence-electron chi connectivity index (χ3n) is 4.19. The lowest BCUT2D eigenvalue weighted by Crippen LogP contribution is -2.26. The number of pyridine rings is 1. The highest BCUT2D eigenvalue weighted by molar-refractivity contribution is 7.91. The number of nitrogens with zero attached hydrogens (tertiary/aromatic N) is 1. The molecule has 2 heterocycles. The second-order valence-corrected chi connectivity index (χ2v) is 8.98. The molecule has 0 aliphatic carbocycles. The Bertz CT molecular complexity index is 885. The average Bonchev–Trinajstić information content (AvgIpc) is 2.94. The van der Waals surface area contributed by atoms with Crippen molar-refractivity contribution >= 4 is 33.0 Å². The van der Waals surface area contributed by atoms with E-state index in [-0.39, 0.29) is 23.5 Å². The molecule has 26 heavy (non-hydrogen) atoms. The van der Waals surface area contributed by atoms with Gasteiger partial charge < -0.3 is 10.6 Å². The molecular weight excluding hydrogens is 374 g/mol. The number of hydrogen-bond donors (Lipinski definition) is 2. The summed E-state index contributed by atoms with van der Waals surface area (Å²) in [4.78, 5) is 16.3. The van der Waals surface area contributed by atoms with Gasteiger partial charge >= 0.3 is 0 Å². The Morgan fingerprint density at radius 2 is 2.12 bits per heavy atom. The summed E-state index contributed by atoms with van der Waals surface area (Å²) in [5.41, 5.74) is 2.08. The zero-order valence-electron chi connectivity index (χ0n) is 14.1. The summed E-state index contributed by atoms with van der Waals surface area (Å²) in [5.74, 6) is 0.103. The molecule has 2 N–H and O–H groups in total. The molecule has 0 spiro atoms. The standard InChI is InChI=1S/C18H20ClN3O3S/c19-14-3-1-2-13(10-14)6-8-20-18(23)17-5-4-15(11-21-17)22-16-7-9-26(24,25)12-16/h1-5,10-11,16,22H,6-9,12H2,(H,20,23). The van der Waals surface area contributed by atoms with Gasteiger partial charge in [-0.25, -0.2) is 13.4 Å². The Morgan fingerprint density at radius 1 is 1.27 bits per heavy atom. The summed E-state index contributed by atoms with van der Waals surface area (Å²) in [7, 11) is -2.93. The minimum absolute atomic E-state index is 0.0980. The molecule has 1 unspecified atom stereocenters. The Balaban J connectivity index is 1.49. The Hall–Kier alpha value is -2.12. The van der Waals surface area contributed by atoms with Crippen LogP contribution in [0.1, 0.15) is 22.5 Å². The van der Waals surface area contributed by atoms with E-state index in [1.165, 1.54) is 0 Å². The molecule has 3 rings (SSSR count). The van der Waals surface area contributed by atoms with Crippen LogP contribution in [0.5, 0.6) is 0 Å². The normalized spacial score (nSPS) is 18.4. The molecule has 1 aliphatic heterocycles. The van der Waals surface area contributed by atoms with Gasteiger partial charge in [-0.2, -0.15) is 0 Å². The molecule has 2 aromatic rings. The van der Waals surface area contributed by atoms with Crippen molar-refractivity contribution in [1.82, 2.24) is 10.3 Å². The molecule has 1 amide bonds. The van der Waals surface area contributed by atoms with Gasteiger partial charge in [0.15, 0.2) is 9.84 Å². The van der Waals surface area contributed by atoms with Crippen LogP contribution in [0.15, 0.2) is 42.6 Å². The summed E-state index contributed by atoms with van der Waals surface area (Å²) in [6.07, 6.45) is 2.83. The average molecular weight is 394 g/mol. The van der Waals surface area contributed by atoms with E-state index in [4.69, 9.17) is 11.6 Å². The summed E-state index contributed by atoms with van der Waals surface area (Å²) in [6, 6.07) is 10.8. The second-order valence-electron chi connectivity index (χ2n) is 6.31. The number of nitrogens with one attached hydrogen (secondary N) is 2. The van der Waals surface area contributed by atoms with Crippen LogP contribution in [0.4, 0.5) is 5.69 Å². The van der Waals surface area contributed by atoms with Crippen LogP contribution >= 0.6 is 11.6 Å². The van der Waals surface area contributed by atoms with Crippen molar-refractivity contribution in [2.45, 2.75) is 18.9 Å². The van der Waals surface area contributed by atoms with Crippen molar-refractivity contribution in [2.24, 2.45) is 0 Å². The van der Waals surface area contributed by atoms with Crippen LogP contribution < -0.4 is 10.6 Å². The number of sulfone groups is 1. The van der Waals surface area contributed by atoms with Gasteiger partial charge in [0.2, 0.25) is 0 Å². The summed E-state index contributed by atoms with van der Waals surface area (Å²) in [5, 5.41) is 6.65. The van der Waals surface area contributed by atoms with Crippen LogP contribution in [0.25, 0.3) is 0 Å². The zero-order chi connectivity index (χ0) is 18.6. The fraction of sp³-hybridized carbons (Fsp3) is 0.333. The topological polar surface area (TPSA) is 88.2 Å². The lowest BCUT2D eigenvalue weighted by atomic mass is 10.1. The highest BCUT2D eigenvalue weighted by atomic mass is 35.5. The fourth-order valence-corrected chi connectivity index (χ4v) is 4.75. The summed E-state index contributed by atoms with van der Waals surface area (Å²) < 4.78 is 23.0. The van der Waals surface area contributed by atoms with Gasteiger partial charge in [-0.3, -0.25) is 4.79 Å². The quantitative estimate of drug-likeness (QED) is 0.786. The lowest BCUT2D eigenvalue weighted by Gasteiger charge is -2.12. The van der Waals surface area contributed by atoms with Gasteiger partial charge in [0.25, 0.3) is 5.91 Å². The number of aromatic nitrogens is 1. The van der Waals surface area contributed by atoms with Gasteiger partial charge in [-0.15, -0.1) is 0 Å². The Morgan fingerprint density at radius 3 is 2.77 bits per heavy atom. The molecule has 0 bridgehead atoms. The number of amides is 1. The van der Waals surface area contributed by atoms with Crippen molar-refractivity contribution in [3.05, 3.63) is 58.9 Å². The number of carbonyl (C=O) groups is 1. The van der Waals surface area contributed by atoms with Crippen molar-refractivity contribution in [2.75, 3.05) is 23.4 Å². The second kappa shape index (κ2) is 8.05. The first kappa shape index (κ1) is 18.7.